The number of aromatic nitrogens is 1. The van der Waals surface area contributed by atoms with Crippen molar-refractivity contribution in [1.29, 1.82) is 5.26 Å². The Balaban J connectivity index is 2.17. The van der Waals surface area contributed by atoms with E-state index in [1.54, 1.807) is 18.5 Å². The van der Waals surface area contributed by atoms with Gasteiger partial charge in [0.05, 0.1) is 4.92 Å². The lowest BCUT2D eigenvalue weighted by atomic mass is 10.1. The summed E-state index contributed by atoms with van der Waals surface area (Å²) in [5.74, 6) is 0. The van der Waals surface area contributed by atoms with E-state index >= 15 is 0 Å². The van der Waals surface area contributed by atoms with Crippen molar-refractivity contribution in [2.24, 2.45) is 0 Å². The molecule has 0 bridgehead atoms. The Labute approximate surface area is 115 Å². The molecule has 2 rings (SSSR count). The van der Waals surface area contributed by atoms with Gasteiger partial charge in [0, 0.05) is 30.7 Å². The Bertz CT molecular complexity index is 692. The predicted octanol–water partition coefficient (Wildman–Crippen LogP) is 2.78. The topological polar surface area (TPSA) is 91.8 Å². The lowest BCUT2D eigenvalue weighted by molar-refractivity contribution is -0.385. The van der Waals surface area contributed by atoms with Gasteiger partial charge in [-0.25, -0.2) is 0 Å². The molecule has 0 unspecified atom stereocenters. The monoisotopic (exact) mass is 268 g/mol. The fourth-order valence-electron chi connectivity index (χ4n) is 1.77. The minimum Gasteiger partial charge on any atom is -0.381 e. The quantitative estimate of drug-likeness (QED) is 0.680. The average molecular weight is 268 g/mol. The fourth-order valence-corrected chi connectivity index (χ4v) is 1.77. The van der Waals surface area contributed by atoms with Crippen molar-refractivity contribution in [2.75, 3.05) is 5.32 Å². The van der Waals surface area contributed by atoms with E-state index in [4.69, 9.17) is 5.26 Å². The van der Waals surface area contributed by atoms with Gasteiger partial charge in [-0.05, 0) is 36.2 Å². The molecule has 0 amide bonds. The number of anilines is 1. The number of benzene rings is 1. The van der Waals surface area contributed by atoms with Crippen molar-refractivity contribution in [3.8, 4) is 6.07 Å². The molecule has 0 saturated carbocycles. The van der Waals surface area contributed by atoms with Crippen molar-refractivity contribution in [1.82, 2.24) is 4.98 Å². The highest BCUT2D eigenvalue weighted by Crippen LogP contribution is 2.22. The average Bonchev–Trinajstić information content (AvgIpc) is 2.46. The van der Waals surface area contributed by atoms with Crippen LogP contribution in [0.15, 0.2) is 36.7 Å². The van der Waals surface area contributed by atoms with Crippen LogP contribution in [0.5, 0.6) is 0 Å². The fraction of sp³-hybridized carbons (Fsp3) is 0.143. The zero-order valence-corrected chi connectivity index (χ0v) is 10.8. The van der Waals surface area contributed by atoms with Crippen LogP contribution in [0, 0.1) is 28.4 Å². The maximum absolute atomic E-state index is 10.7. The summed E-state index contributed by atoms with van der Waals surface area (Å²) in [7, 11) is 0. The molecule has 1 aromatic carbocycles. The van der Waals surface area contributed by atoms with Crippen LogP contribution in [0.4, 0.5) is 11.4 Å². The van der Waals surface area contributed by atoms with E-state index in [1.807, 2.05) is 19.1 Å². The molecule has 0 fully saturated rings. The second-order valence-electron chi connectivity index (χ2n) is 4.26. The zero-order valence-electron chi connectivity index (χ0n) is 10.8. The molecule has 0 aliphatic heterocycles. The maximum atomic E-state index is 10.7. The molecule has 100 valence electrons. The molecule has 20 heavy (non-hydrogen) atoms. The summed E-state index contributed by atoms with van der Waals surface area (Å²) in [5, 5.41) is 22.8. The van der Waals surface area contributed by atoms with Crippen LogP contribution in [0.3, 0.4) is 0 Å². The summed E-state index contributed by atoms with van der Waals surface area (Å²) < 4.78 is 0. The largest absolute Gasteiger partial charge is 0.381 e. The number of nitrogens with one attached hydrogen (secondary N) is 1. The van der Waals surface area contributed by atoms with Crippen LogP contribution >= 0.6 is 0 Å². The van der Waals surface area contributed by atoms with E-state index in [2.05, 4.69) is 10.3 Å². The lowest BCUT2D eigenvalue weighted by Crippen LogP contribution is -2.02. The number of nitriles is 1. The van der Waals surface area contributed by atoms with Gasteiger partial charge in [-0.3, -0.25) is 15.1 Å². The van der Waals surface area contributed by atoms with Crippen LogP contribution in [0.2, 0.25) is 0 Å². The smallest absolute Gasteiger partial charge is 0.287 e. The number of hydrogen-bond donors (Lipinski definition) is 1. The minimum absolute atomic E-state index is 0.0444. The van der Waals surface area contributed by atoms with E-state index in [9.17, 15) is 10.1 Å². The van der Waals surface area contributed by atoms with Crippen molar-refractivity contribution in [2.45, 2.75) is 13.5 Å². The highest BCUT2D eigenvalue weighted by molar-refractivity contribution is 5.58. The van der Waals surface area contributed by atoms with E-state index < -0.39 is 4.92 Å². The van der Waals surface area contributed by atoms with Gasteiger partial charge in [-0.2, -0.15) is 5.26 Å². The van der Waals surface area contributed by atoms with Crippen molar-refractivity contribution < 1.29 is 4.92 Å². The summed E-state index contributed by atoms with van der Waals surface area (Å²) >= 11 is 0. The summed E-state index contributed by atoms with van der Waals surface area (Å²) in [5.41, 5.74) is 2.66. The molecule has 6 nitrogen and oxygen atoms in total. The molecule has 0 spiro atoms. The molecule has 0 aliphatic rings. The molecule has 0 aliphatic carbocycles. The Hall–Kier alpha value is -2.94. The van der Waals surface area contributed by atoms with Gasteiger partial charge in [0.25, 0.3) is 5.69 Å². The van der Waals surface area contributed by atoms with Gasteiger partial charge in [-0.1, -0.05) is 0 Å². The summed E-state index contributed by atoms with van der Waals surface area (Å²) in [6.07, 6.45) is 3.48. The molecule has 0 saturated heterocycles. The normalized spacial score (nSPS) is 9.80. The third-order valence-electron chi connectivity index (χ3n) is 2.94. The first kappa shape index (κ1) is 13.5. The first-order valence-electron chi connectivity index (χ1n) is 5.93. The van der Waals surface area contributed by atoms with Crippen LogP contribution in [0.25, 0.3) is 0 Å². The van der Waals surface area contributed by atoms with Gasteiger partial charge in [-0.15, -0.1) is 0 Å². The Morgan fingerprint density at radius 2 is 2.25 bits per heavy atom. The van der Waals surface area contributed by atoms with Crippen LogP contribution in [-0.4, -0.2) is 9.91 Å². The van der Waals surface area contributed by atoms with Gasteiger partial charge in [0.2, 0.25) is 0 Å². The molecular weight excluding hydrogens is 256 g/mol. The van der Waals surface area contributed by atoms with E-state index in [-0.39, 0.29) is 11.3 Å². The van der Waals surface area contributed by atoms with Gasteiger partial charge in [0.15, 0.2) is 0 Å². The third-order valence-corrected chi connectivity index (χ3v) is 2.94. The number of aryl methyl sites for hydroxylation is 1. The molecule has 1 N–H and O–H groups in total. The lowest BCUT2D eigenvalue weighted by Gasteiger charge is -2.08. The molecule has 2 aromatic rings. The molecular formula is C14H12N4O2. The van der Waals surface area contributed by atoms with E-state index in [1.165, 1.54) is 12.1 Å². The highest BCUT2D eigenvalue weighted by atomic mass is 16.6. The third kappa shape index (κ3) is 2.90. The van der Waals surface area contributed by atoms with E-state index in [0.717, 1.165) is 11.1 Å². The summed E-state index contributed by atoms with van der Waals surface area (Å²) in [6, 6.07) is 8.14. The summed E-state index contributed by atoms with van der Waals surface area (Å²) in [6.45, 7) is 2.53. The summed E-state index contributed by atoms with van der Waals surface area (Å²) in [4.78, 5) is 14.2. The minimum atomic E-state index is -0.562. The number of hydrogen-bond acceptors (Lipinski definition) is 5. The van der Waals surface area contributed by atoms with Gasteiger partial charge in [0.1, 0.15) is 11.6 Å². The van der Waals surface area contributed by atoms with Crippen molar-refractivity contribution in [3.05, 3.63) is 63.5 Å². The standard InChI is InChI=1S/C14H12N4O2/c1-10-4-5-16-8-12(10)9-17-13-2-3-14(18(19)20)11(6-13)7-15/h2-6,8,17H,9H2,1H3. The van der Waals surface area contributed by atoms with E-state index in [0.29, 0.717) is 12.2 Å². The first-order chi connectivity index (χ1) is 9.61. The molecule has 1 aromatic heterocycles. The number of pyridine rings is 1. The SMILES string of the molecule is Cc1ccncc1CNc1ccc([N+](=O)[O-])c(C#N)c1. The predicted molar refractivity (Wildman–Crippen MR) is 74.1 cm³/mol. The number of nitrogens with zero attached hydrogens (tertiary/aromatic N) is 3. The molecule has 6 heteroatoms. The van der Waals surface area contributed by atoms with Gasteiger partial charge < -0.3 is 5.32 Å². The highest BCUT2D eigenvalue weighted by Gasteiger charge is 2.13. The number of nitro benzene ring substituents is 1. The van der Waals surface area contributed by atoms with Crippen LogP contribution < -0.4 is 5.32 Å². The Kier molecular flexibility index (Phi) is 3.91. The van der Waals surface area contributed by atoms with Crippen molar-refractivity contribution in [3.63, 3.8) is 0 Å². The zero-order chi connectivity index (χ0) is 14.5. The first-order valence-corrected chi connectivity index (χ1v) is 5.93. The van der Waals surface area contributed by atoms with Crippen LogP contribution in [0.1, 0.15) is 16.7 Å². The second kappa shape index (κ2) is 5.80. The second-order valence-corrected chi connectivity index (χ2v) is 4.26. The Morgan fingerprint density at radius 3 is 2.90 bits per heavy atom. The molecule has 0 radical (unpaired) electrons. The number of nitro groups is 1. The molecule has 0 atom stereocenters. The number of rotatable bonds is 4. The van der Waals surface area contributed by atoms with Crippen LogP contribution in [-0.2, 0) is 6.54 Å². The molecule has 1 heterocycles. The Morgan fingerprint density at radius 1 is 1.45 bits per heavy atom. The maximum Gasteiger partial charge on any atom is 0.287 e. The van der Waals surface area contributed by atoms with Gasteiger partial charge >= 0.3 is 0 Å². The van der Waals surface area contributed by atoms with Crippen molar-refractivity contribution >= 4 is 11.4 Å².